The Balaban J connectivity index is 0.00000133. The SMILES string of the molecule is CC1=NC2=C=CCC=NN2C(C2CCNCC2)=C1.[HH]. The average molecular weight is 244 g/mol. The highest BCUT2D eigenvalue weighted by atomic mass is 15.5. The monoisotopic (exact) mass is 244 g/mol. The van der Waals surface area contributed by atoms with Crippen LogP contribution in [0.4, 0.5) is 0 Å². The van der Waals surface area contributed by atoms with Crippen LogP contribution in [-0.4, -0.2) is 30.0 Å². The quantitative estimate of drug-likeness (QED) is 0.719. The second kappa shape index (κ2) is 4.92. The largest absolute Gasteiger partial charge is 0.317 e. The predicted molar refractivity (Wildman–Crippen MR) is 75.4 cm³/mol. The molecular formula is C14H20N4. The molecule has 4 heteroatoms. The summed E-state index contributed by atoms with van der Waals surface area (Å²) in [4.78, 5) is 4.52. The molecule has 3 aliphatic rings. The molecular weight excluding hydrogens is 224 g/mol. The Morgan fingerprint density at radius 2 is 2.28 bits per heavy atom. The van der Waals surface area contributed by atoms with Gasteiger partial charge in [-0.25, -0.2) is 10.0 Å². The third kappa shape index (κ3) is 2.17. The van der Waals surface area contributed by atoms with E-state index in [0.717, 1.165) is 31.0 Å². The zero-order valence-corrected chi connectivity index (χ0v) is 10.7. The third-order valence-corrected chi connectivity index (χ3v) is 3.49. The maximum atomic E-state index is 4.52. The van der Waals surface area contributed by atoms with Crippen molar-refractivity contribution in [2.75, 3.05) is 13.1 Å². The van der Waals surface area contributed by atoms with Crippen molar-refractivity contribution in [3.8, 4) is 0 Å². The Kier molecular flexibility index (Phi) is 3.13. The van der Waals surface area contributed by atoms with Gasteiger partial charge in [0.1, 0.15) is 0 Å². The van der Waals surface area contributed by atoms with Gasteiger partial charge in [-0.2, -0.15) is 5.10 Å². The van der Waals surface area contributed by atoms with Crippen LogP contribution in [0.5, 0.6) is 0 Å². The summed E-state index contributed by atoms with van der Waals surface area (Å²) in [6.07, 6.45) is 9.24. The number of allylic oxidation sites excluding steroid dienone is 3. The minimum absolute atomic E-state index is 0. The van der Waals surface area contributed by atoms with Gasteiger partial charge in [-0.15, -0.1) is 0 Å². The van der Waals surface area contributed by atoms with Crippen molar-refractivity contribution < 1.29 is 1.43 Å². The van der Waals surface area contributed by atoms with Gasteiger partial charge in [-0.05, 0) is 45.0 Å². The molecule has 3 rings (SSSR count). The van der Waals surface area contributed by atoms with Gasteiger partial charge in [0.2, 0.25) is 0 Å². The number of piperidine rings is 1. The Labute approximate surface area is 109 Å². The first-order valence-electron chi connectivity index (χ1n) is 6.60. The zero-order valence-electron chi connectivity index (χ0n) is 10.7. The van der Waals surface area contributed by atoms with Crippen molar-refractivity contribution in [3.05, 3.63) is 29.4 Å². The molecule has 0 unspecified atom stereocenters. The Morgan fingerprint density at radius 3 is 3.11 bits per heavy atom. The maximum absolute atomic E-state index is 4.52. The molecule has 3 heterocycles. The number of hydrogen-bond donors (Lipinski definition) is 1. The van der Waals surface area contributed by atoms with Crippen LogP contribution >= 0.6 is 0 Å². The van der Waals surface area contributed by atoms with E-state index in [0.29, 0.717) is 5.92 Å². The molecule has 96 valence electrons. The summed E-state index contributed by atoms with van der Waals surface area (Å²) in [5.74, 6) is 1.40. The summed E-state index contributed by atoms with van der Waals surface area (Å²) in [5, 5.41) is 9.89. The number of nitrogens with one attached hydrogen (secondary N) is 1. The second-order valence-corrected chi connectivity index (χ2v) is 4.86. The fraction of sp³-hybridized carbons (Fsp3) is 0.500. The third-order valence-electron chi connectivity index (χ3n) is 3.49. The molecule has 18 heavy (non-hydrogen) atoms. The smallest absolute Gasteiger partial charge is 0.198 e. The van der Waals surface area contributed by atoms with Crippen molar-refractivity contribution in [1.82, 2.24) is 10.3 Å². The number of hydrogen-bond acceptors (Lipinski definition) is 4. The Bertz CT molecular complexity index is 492. The van der Waals surface area contributed by atoms with E-state index in [1.807, 2.05) is 24.2 Å². The van der Waals surface area contributed by atoms with Gasteiger partial charge in [0.05, 0.1) is 5.70 Å². The molecule has 0 aliphatic carbocycles. The molecule has 3 aliphatic heterocycles. The maximum Gasteiger partial charge on any atom is 0.198 e. The molecule has 0 radical (unpaired) electrons. The van der Waals surface area contributed by atoms with E-state index in [2.05, 4.69) is 27.2 Å². The molecule has 0 aromatic rings. The van der Waals surface area contributed by atoms with Crippen LogP contribution < -0.4 is 5.32 Å². The van der Waals surface area contributed by atoms with Crippen molar-refractivity contribution in [3.63, 3.8) is 0 Å². The Hall–Kier alpha value is -1.64. The molecule has 1 N–H and O–H groups in total. The summed E-state index contributed by atoms with van der Waals surface area (Å²) < 4.78 is 0. The standard InChI is InChI=1S/C14H18N4.H2/c1-11-10-13(12-5-8-15-9-6-12)18-14(17-11)4-2-3-7-16-18;/h2,7,10,12,15H,3,5-6,8-9H2,1H3;1H. The molecule has 1 fully saturated rings. The number of rotatable bonds is 1. The molecule has 0 aromatic heterocycles. The first kappa shape index (κ1) is 11.5. The summed E-state index contributed by atoms with van der Waals surface area (Å²) in [6, 6.07) is 0. The summed E-state index contributed by atoms with van der Waals surface area (Å²) in [7, 11) is 0. The fourth-order valence-electron chi connectivity index (χ4n) is 2.60. The van der Waals surface area contributed by atoms with Gasteiger partial charge in [-0.3, -0.25) is 0 Å². The predicted octanol–water partition coefficient (Wildman–Crippen LogP) is 2.28. The van der Waals surface area contributed by atoms with E-state index in [1.165, 1.54) is 18.5 Å². The van der Waals surface area contributed by atoms with Crippen LogP contribution in [0.2, 0.25) is 0 Å². The van der Waals surface area contributed by atoms with Gasteiger partial charge in [-0.1, -0.05) is 5.73 Å². The number of fused-ring (bicyclic) bond motifs is 1. The van der Waals surface area contributed by atoms with Crippen LogP contribution in [-0.2, 0) is 0 Å². The molecule has 0 atom stereocenters. The number of hydrazone groups is 1. The van der Waals surface area contributed by atoms with Gasteiger partial charge in [0.25, 0.3) is 0 Å². The molecule has 0 saturated carbocycles. The van der Waals surface area contributed by atoms with Crippen LogP contribution in [0.1, 0.15) is 27.6 Å². The van der Waals surface area contributed by atoms with Crippen LogP contribution in [0.3, 0.4) is 0 Å². The van der Waals surface area contributed by atoms with Crippen molar-refractivity contribution in [2.45, 2.75) is 26.2 Å². The van der Waals surface area contributed by atoms with E-state index in [1.54, 1.807) is 0 Å². The van der Waals surface area contributed by atoms with Gasteiger partial charge >= 0.3 is 0 Å². The summed E-state index contributed by atoms with van der Waals surface area (Å²) in [6.45, 7) is 4.22. The molecule has 0 amide bonds. The van der Waals surface area contributed by atoms with Crippen molar-refractivity contribution in [2.24, 2.45) is 16.0 Å². The highest BCUT2D eigenvalue weighted by Crippen LogP contribution is 2.31. The zero-order chi connectivity index (χ0) is 12.4. The summed E-state index contributed by atoms with van der Waals surface area (Å²) in [5.41, 5.74) is 5.56. The van der Waals surface area contributed by atoms with E-state index in [9.17, 15) is 0 Å². The lowest BCUT2D eigenvalue weighted by atomic mass is 9.93. The van der Waals surface area contributed by atoms with Gasteiger partial charge in [0.15, 0.2) is 5.82 Å². The number of aliphatic imine (C=N–C) groups is 1. The lowest BCUT2D eigenvalue weighted by molar-refractivity contribution is 0.323. The van der Waals surface area contributed by atoms with E-state index in [4.69, 9.17) is 0 Å². The minimum atomic E-state index is 0. The topological polar surface area (TPSA) is 40.0 Å². The van der Waals surface area contributed by atoms with Gasteiger partial charge < -0.3 is 5.32 Å². The first-order chi connectivity index (χ1) is 8.84. The highest BCUT2D eigenvalue weighted by molar-refractivity contribution is 5.95. The molecule has 4 nitrogen and oxygen atoms in total. The van der Waals surface area contributed by atoms with Crippen LogP contribution in [0, 0.1) is 5.92 Å². The minimum Gasteiger partial charge on any atom is -0.317 e. The van der Waals surface area contributed by atoms with Gasteiger partial charge in [0, 0.05) is 25.7 Å². The second-order valence-electron chi connectivity index (χ2n) is 4.86. The molecule has 0 bridgehead atoms. The fourth-order valence-corrected chi connectivity index (χ4v) is 2.60. The normalized spacial score (nSPS) is 24.1. The first-order valence-corrected chi connectivity index (χ1v) is 6.60. The Morgan fingerprint density at radius 1 is 1.44 bits per heavy atom. The number of nitrogens with zero attached hydrogens (tertiary/aromatic N) is 3. The summed E-state index contributed by atoms with van der Waals surface area (Å²) >= 11 is 0. The lowest BCUT2D eigenvalue weighted by Gasteiger charge is -2.32. The highest BCUT2D eigenvalue weighted by Gasteiger charge is 2.27. The average Bonchev–Trinajstić information content (AvgIpc) is 2.64. The van der Waals surface area contributed by atoms with Crippen molar-refractivity contribution in [1.29, 1.82) is 0 Å². The van der Waals surface area contributed by atoms with Crippen molar-refractivity contribution >= 4 is 11.9 Å². The van der Waals surface area contributed by atoms with E-state index in [-0.39, 0.29) is 1.43 Å². The van der Waals surface area contributed by atoms with E-state index >= 15 is 0 Å². The molecule has 1 saturated heterocycles. The molecule has 0 spiro atoms. The lowest BCUT2D eigenvalue weighted by Crippen LogP contribution is -2.33. The van der Waals surface area contributed by atoms with Crippen LogP contribution in [0.25, 0.3) is 0 Å². The van der Waals surface area contributed by atoms with E-state index < -0.39 is 0 Å². The molecule has 0 aromatic carbocycles. The van der Waals surface area contributed by atoms with Crippen LogP contribution in [0.15, 0.2) is 39.5 Å².